The molecule has 0 bridgehead atoms. The van der Waals surface area contributed by atoms with E-state index < -0.39 is 8.07 Å². The van der Waals surface area contributed by atoms with E-state index in [4.69, 9.17) is 18.7 Å². The van der Waals surface area contributed by atoms with E-state index in [1.54, 1.807) is 17.9 Å². The van der Waals surface area contributed by atoms with Crippen LogP contribution in [0, 0.1) is 20.0 Å². The number of rotatable bonds is 3. The molecular formula is C16H22CrO4Si. The first kappa shape index (κ1) is 26.2. The average Bonchev–Trinajstić information content (AvgIpc) is 2.53. The Hall–Kier alpha value is -0.721. The van der Waals surface area contributed by atoms with Crippen LogP contribution < -0.4 is 0 Å². The van der Waals surface area contributed by atoms with Gasteiger partial charge in [0.1, 0.15) is 0 Å². The molecule has 0 spiro atoms. The predicted molar refractivity (Wildman–Crippen MR) is 81.8 cm³/mol. The third-order valence-electron chi connectivity index (χ3n) is 3.31. The quantitative estimate of drug-likeness (QED) is 0.329. The van der Waals surface area contributed by atoms with E-state index in [9.17, 15) is 0 Å². The summed E-state index contributed by atoms with van der Waals surface area (Å²) >= 11 is 3.07. The fourth-order valence-corrected chi connectivity index (χ4v) is 4.44. The van der Waals surface area contributed by atoms with Gasteiger partial charge in [0.05, 0.1) is 0 Å². The Morgan fingerprint density at radius 3 is 1.64 bits per heavy atom. The number of allylic oxidation sites excluding steroid dienone is 3. The van der Waals surface area contributed by atoms with Gasteiger partial charge in [0.15, 0.2) is 0 Å². The Balaban J connectivity index is -0.000000535. The van der Waals surface area contributed by atoms with E-state index in [0.29, 0.717) is 0 Å². The molecule has 1 aliphatic rings. The van der Waals surface area contributed by atoms with Crippen molar-refractivity contribution in [3.05, 3.63) is 41.9 Å². The van der Waals surface area contributed by atoms with Crippen LogP contribution in [-0.2, 0) is 34.5 Å². The maximum absolute atomic E-state index is 7.50. The molecule has 0 atom stereocenters. The number of ether oxygens (including phenoxy) is 1. The number of hydrogen-bond acceptors (Lipinski definition) is 1. The van der Waals surface area contributed by atoms with Crippen molar-refractivity contribution in [2.45, 2.75) is 46.3 Å². The van der Waals surface area contributed by atoms with Crippen LogP contribution in [0.25, 0.3) is 0 Å². The summed E-state index contributed by atoms with van der Waals surface area (Å²) in [6.07, 6.45) is 2.20. The summed E-state index contributed by atoms with van der Waals surface area (Å²) in [5.41, 5.74) is 4.47. The third-order valence-corrected chi connectivity index (χ3v) is 6.25. The Bertz CT molecular complexity index is 476. The van der Waals surface area contributed by atoms with Crippen LogP contribution in [0.2, 0.25) is 19.6 Å². The monoisotopic (exact) mass is 358 g/mol. The van der Waals surface area contributed by atoms with Crippen molar-refractivity contribution in [3.8, 4) is 0 Å². The summed E-state index contributed by atoms with van der Waals surface area (Å²) in [6, 6.07) is 0. The second-order valence-corrected chi connectivity index (χ2v) is 11.3. The van der Waals surface area contributed by atoms with Gasteiger partial charge in [-0.1, -0.05) is 0 Å². The molecule has 4 nitrogen and oxygen atoms in total. The van der Waals surface area contributed by atoms with Crippen LogP contribution in [0.5, 0.6) is 0 Å². The SMILES string of the molecule is CO[C](=[Cr])C1=C([Si](C)(C)C)CC(C)=C(C)C1.[C-]#[O+].[C-]#[O+].[C-]#[O+]. The molecule has 22 heavy (non-hydrogen) atoms. The van der Waals surface area contributed by atoms with Gasteiger partial charge in [0.2, 0.25) is 0 Å². The fourth-order valence-electron chi connectivity index (χ4n) is 2.08. The van der Waals surface area contributed by atoms with E-state index in [-0.39, 0.29) is 0 Å². The molecule has 6 heteroatoms. The first-order valence-electron chi connectivity index (χ1n) is 6.34. The van der Waals surface area contributed by atoms with Crippen molar-refractivity contribution in [2.24, 2.45) is 0 Å². The summed E-state index contributed by atoms with van der Waals surface area (Å²) in [5, 5.41) is 1.64. The van der Waals surface area contributed by atoms with Crippen LogP contribution >= 0.6 is 0 Å². The van der Waals surface area contributed by atoms with Crippen molar-refractivity contribution in [2.75, 3.05) is 7.11 Å². The van der Waals surface area contributed by atoms with Gasteiger partial charge in [0.25, 0.3) is 0 Å². The molecular weight excluding hydrogens is 336 g/mol. The minimum atomic E-state index is -1.25. The van der Waals surface area contributed by atoms with Crippen LogP contribution in [0.1, 0.15) is 26.7 Å². The standard InChI is InChI=1S/C13H22OSi.3CO.Cr/c1-10-7-12(9-14-3)13(8-11(10)2)15(4,5)6;3*1-2;/h7-8H2,1-6H3;;;;. The first-order chi connectivity index (χ1) is 10.3. The van der Waals surface area contributed by atoms with Gasteiger partial charge in [-0.05, 0) is 0 Å². The summed E-state index contributed by atoms with van der Waals surface area (Å²) in [7, 11) is 0.506. The van der Waals surface area contributed by atoms with Crippen molar-refractivity contribution in [1.82, 2.24) is 0 Å². The summed E-state index contributed by atoms with van der Waals surface area (Å²) in [6.45, 7) is 25.2. The molecule has 0 saturated carbocycles. The van der Waals surface area contributed by atoms with Crippen LogP contribution in [0.4, 0.5) is 0 Å². The molecule has 0 N–H and O–H groups in total. The number of methoxy groups -OCH3 is 1. The first-order valence-corrected chi connectivity index (χ1v) is 10.5. The van der Waals surface area contributed by atoms with Gasteiger partial charge < -0.3 is 0 Å². The predicted octanol–water partition coefficient (Wildman–Crippen LogP) is 3.50. The van der Waals surface area contributed by atoms with Gasteiger partial charge in [-0.3, -0.25) is 0 Å². The zero-order valence-corrected chi connectivity index (χ0v) is 16.2. The van der Waals surface area contributed by atoms with Crippen molar-refractivity contribution in [3.63, 3.8) is 0 Å². The van der Waals surface area contributed by atoms with E-state index in [1.165, 1.54) is 11.1 Å². The molecule has 0 aromatic heterocycles. The molecule has 120 valence electrons. The normalized spacial score (nSPS) is 13.5. The Morgan fingerprint density at radius 1 is 0.955 bits per heavy atom. The van der Waals surface area contributed by atoms with Crippen molar-refractivity contribution < 1.29 is 34.5 Å². The molecule has 0 saturated heterocycles. The Labute approximate surface area is 142 Å². The summed E-state index contributed by atoms with van der Waals surface area (Å²) < 4.78 is 28.9. The van der Waals surface area contributed by atoms with Gasteiger partial charge in [-0.2, -0.15) is 0 Å². The van der Waals surface area contributed by atoms with E-state index >= 15 is 0 Å². The summed E-state index contributed by atoms with van der Waals surface area (Å²) in [5.74, 6) is 0. The van der Waals surface area contributed by atoms with Gasteiger partial charge >= 0.3 is 142 Å². The molecule has 1 rings (SSSR count). The Morgan fingerprint density at radius 2 is 1.32 bits per heavy atom. The van der Waals surface area contributed by atoms with E-state index in [2.05, 4.69) is 69.3 Å². The fraction of sp³-hybridized carbons (Fsp3) is 0.500. The Kier molecular flexibility index (Phi) is 16.6. The van der Waals surface area contributed by atoms with Crippen molar-refractivity contribution >= 4 is 12.6 Å². The minimum absolute atomic E-state index is 0.990. The molecule has 0 aromatic rings. The molecule has 0 fully saturated rings. The molecule has 0 radical (unpaired) electrons. The van der Waals surface area contributed by atoms with Crippen LogP contribution in [0.3, 0.4) is 0 Å². The molecule has 0 unspecified atom stereocenters. The molecule has 0 amide bonds. The third kappa shape index (κ3) is 8.66. The molecule has 0 heterocycles. The maximum atomic E-state index is 7.50. The zero-order valence-electron chi connectivity index (χ0n) is 14.0. The van der Waals surface area contributed by atoms with Crippen LogP contribution in [-0.4, -0.2) is 19.7 Å². The summed E-state index contributed by atoms with van der Waals surface area (Å²) in [4.78, 5) is 0. The molecule has 0 aliphatic heterocycles. The van der Waals surface area contributed by atoms with Crippen molar-refractivity contribution in [1.29, 1.82) is 0 Å². The van der Waals surface area contributed by atoms with Gasteiger partial charge in [-0.25, -0.2) is 0 Å². The second kappa shape index (κ2) is 13.9. The van der Waals surface area contributed by atoms with Gasteiger partial charge in [0, 0.05) is 0 Å². The average molecular weight is 358 g/mol. The number of hydrogen-bond donors (Lipinski definition) is 0. The topological polar surface area (TPSA) is 68.9 Å². The second-order valence-electron chi connectivity index (χ2n) is 5.61. The zero-order chi connectivity index (χ0) is 18.5. The van der Waals surface area contributed by atoms with E-state index in [1.807, 2.05) is 0 Å². The molecule has 1 aliphatic carbocycles. The van der Waals surface area contributed by atoms with E-state index in [0.717, 1.165) is 17.4 Å². The van der Waals surface area contributed by atoms with Gasteiger partial charge in [-0.15, -0.1) is 0 Å². The van der Waals surface area contributed by atoms with Crippen LogP contribution in [0.15, 0.2) is 21.9 Å². The molecule has 0 aromatic carbocycles.